The van der Waals surface area contributed by atoms with Crippen LogP contribution in [0.2, 0.25) is 0 Å². The van der Waals surface area contributed by atoms with Gasteiger partial charge in [0, 0.05) is 31.0 Å². The van der Waals surface area contributed by atoms with Crippen LogP contribution < -0.4 is 15.5 Å². The predicted octanol–water partition coefficient (Wildman–Crippen LogP) is 6.62. The number of esters is 1. The third-order valence-electron chi connectivity index (χ3n) is 7.79. The Morgan fingerprint density at radius 2 is 1.91 bits per heavy atom. The van der Waals surface area contributed by atoms with Gasteiger partial charge in [-0.1, -0.05) is 37.4 Å². The van der Waals surface area contributed by atoms with Gasteiger partial charge in [0.2, 0.25) is 0 Å². The van der Waals surface area contributed by atoms with Gasteiger partial charge < -0.3 is 23.9 Å². The number of anilines is 3. The van der Waals surface area contributed by atoms with Crippen molar-refractivity contribution in [3.8, 4) is 0 Å². The first-order chi connectivity index (χ1) is 22.8. The number of carbonyl (C=O) groups is 3. The highest BCUT2D eigenvalue weighted by atomic mass is 16.5. The number of carbonyl (C=O) groups excluding carboxylic acids is 3. The maximum atomic E-state index is 13.7. The minimum Gasteiger partial charge on any atom is -0.469 e. The largest absolute Gasteiger partial charge is 0.469 e. The van der Waals surface area contributed by atoms with Crippen molar-refractivity contribution in [2.75, 3.05) is 35.8 Å². The van der Waals surface area contributed by atoms with E-state index in [2.05, 4.69) is 27.7 Å². The molecule has 0 aliphatic heterocycles. The van der Waals surface area contributed by atoms with Gasteiger partial charge in [-0.05, 0) is 61.9 Å². The summed E-state index contributed by atoms with van der Waals surface area (Å²) < 4.78 is 17.4. The summed E-state index contributed by atoms with van der Waals surface area (Å²) >= 11 is 0. The molecule has 246 valence electrons. The van der Waals surface area contributed by atoms with Crippen molar-refractivity contribution >= 4 is 57.3 Å². The first-order valence-electron chi connectivity index (χ1n) is 15.6. The quantitative estimate of drug-likeness (QED) is 0.0999. The lowest BCUT2D eigenvalue weighted by molar-refractivity contribution is -0.140. The molecule has 13 heteroatoms. The Morgan fingerprint density at radius 3 is 2.68 bits per heavy atom. The maximum absolute atomic E-state index is 13.7. The molecule has 5 rings (SSSR count). The number of hydrogen-bond donors (Lipinski definition) is 2. The number of aromatic nitrogens is 4. The fourth-order valence-electron chi connectivity index (χ4n) is 5.29. The first-order valence-corrected chi connectivity index (χ1v) is 15.6. The summed E-state index contributed by atoms with van der Waals surface area (Å²) in [6, 6.07) is 15.8. The lowest BCUT2D eigenvalue weighted by Crippen LogP contribution is -2.33. The van der Waals surface area contributed by atoms with Crippen LogP contribution in [-0.4, -0.2) is 57.9 Å². The van der Waals surface area contributed by atoms with Crippen LogP contribution in [0.4, 0.5) is 22.1 Å². The van der Waals surface area contributed by atoms with E-state index in [-0.39, 0.29) is 30.7 Å². The standard InChI is InChI=1S/C34H39N7O6/c1-5-6-7-10-19-46-34(44)38-31-25-21-24(13-15-28(25)47-39-31)36-22(2)32-37-26-20-23(12-14-27(26)40(32)3)33(43)41(18-16-30(42)45-4)29-11-8-9-17-35-29/h8-9,11-15,17,20-22,36H,5-7,10,16,18-19H2,1-4H3,(H,38,39,44). The lowest BCUT2D eigenvalue weighted by Gasteiger charge is -2.21. The number of pyridine rings is 1. The zero-order valence-electron chi connectivity index (χ0n) is 27.0. The van der Waals surface area contributed by atoms with Crippen LogP contribution in [0.5, 0.6) is 0 Å². The van der Waals surface area contributed by atoms with Gasteiger partial charge in [-0.15, -0.1) is 0 Å². The third kappa shape index (κ3) is 7.86. The predicted molar refractivity (Wildman–Crippen MR) is 178 cm³/mol. The Morgan fingerprint density at radius 1 is 1.06 bits per heavy atom. The summed E-state index contributed by atoms with van der Waals surface area (Å²) in [6.45, 7) is 4.57. The second-order valence-electron chi connectivity index (χ2n) is 11.1. The Balaban J connectivity index is 1.31. The fraction of sp³-hybridized carbons (Fsp3) is 0.353. The van der Waals surface area contributed by atoms with Gasteiger partial charge in [0.15, 0.2) is 11.4 Å². The Kier molecular flexibility index (Phi) is 10.7. The van der Waals surface area contributed by atoms with Crippen LogP contribution in [0.3, 0.4) is 0 Å². The van der Waals surface area contributed by atoms with Crippen molar-refractivity contribution < 1.29 is 28.4 Å². The fourth-order valence-corrected chi connectivity index (χ4v) is 5.29. The van der Waals surface area contributed by atoms with Crippen molar-refractivity contribution in [1.29, 1.82) is 0 Å². The van der Waals surface area contributed by atoms with Gasteiger partial charge in [-0.2, -0.15) is 0 Å². The molecule has 2 amide bonds. The summed E-state index contributed by atoms with van der Waals surface area (Å²) in [7, 11) is 3.23. The van der Waals surface area contributed by atoms with Gasteiger partial charge in [-0.3, -0.25) is 19.8 Å². The van der Waals surface area contributed by atoms with E-state index < -0.39 is 12.1 Å². The van der Waals surface area contributed by atoms with Gasteiger partial charge in [0.1, 0.15) is 11.6 Å². The van der Waals surface area contributed by atoms with E-state index >= 15 is 0 Å². The van der Waals surface area contributed by atoms with Crippen LogP contribution in [0.25, 0.3) is 22.0 Å². The summed E-state index contributed by atoms with van der Waals surface area (Å²) in [5, 5.41) is 10.8. The van der Waals surface area contributed by atoms with E-state index in [1.54, 1.807) is 42.6 Å². The number of benzene rings is 2. The molecule has 0 aliphatic carbocycles. The Hall–Kier alpha value is -5.46. The number of nitrogens with one attached hydrogen (secondary N) is 2. The number of fused-ring (bicyclic) bond motifs is 2. The molecule has 1 unspecified atom stereocenters. The number of amides is 2. The molecule has 47 heavy (non-hydrogen) atoms. The average molecular weight is 642 g/mol. The third-order valence-corrected chi connectivity index (χ3v) is 7.79. The second-order valence-corrected chi connectivity index (χ2v) is 11.1. The first kappa shape index (κ1) is 32.9. The number of unbranched alkanes of at least 4 members (excludes halogenated alkanes) is 3. The molecule has 0 fully saturated rings. The molecule has 0 bridgehead atoms. The number of imidazole rings is 1. The molecule has 3 heterocycles. The number of nitrogens with zero attached hydrogens (tertiary/aromatic N) is 5. The molecule has 5 aromatic rings. The summed E-state index contributed by atoms with van der Waals surface area (Å²) in [5.74, 6) is 0.730. The smallest absolute Gasteiger partial charge is 0.412 e. The molecular formula is C34H39N7O6. The molecule has 0 radical (unpaired) electrons. The highest BCUT2D eigenvalue weighted by Gasteiger charge is 2.22. The molecule has 0 spiro atoms. The highest BCUT2D eigenvalue weighted by Crippen LogP contribution is 2.29. The van der Waals surface area contributed by atoms with Gasteiger partial charge in [0.05, 0.1) is 42.6 Å². The van der Waals surface area contributed by atoms with Crippen molar-refractivity contribution in [2.45, 2.75) is 52.0 Å². The van der Waals surface area contributed by atoms with Crippen LogP contribution in [-0.2, 0) is 21.3 Å². The summed E-state index contributed by atoms with van der Waals surface area (Å²) in [6.07, 6.45) is 5.08. The zero-order chi connectivity index (χ0) is 33.3. The molecular weight excluding hydrogens is 602 g/mol. The topological polar surface area (TPSA) is 154 Å². The molecule has 13 nitrogen and oxygen atoms in total. The van der Waals surface area contributed by atoms with Crippen molar-refractivity contribution in [1.82, 2.24) is 19.7 Å². The van der Waals surface area contributed by atoms with E-state index in [1.165, 1.54) is 12.0 Å². The second kappa shape index (κ2) is 15.2. The lowest BCUT2D eigenvalue weighted by atomic mass is 10.1. The van der Waals surface area contributed by atoms with Crippen molar-refractivity contribution in [3.63, 3.8) is 0 Å². The molecule has 0 aliphatic rings. The molecule has 0 saturated heterocycles. The van der Waals surface area contributed by atoms with Crippen LogP contribution in [0.1, 0.15) is 68.2 Å². The minimum absolute atomic E-state index is 0.0272. The normalized spacial score (nSPS) is 11.7. The summed E-state index contributed by atoms with van der Waals surface area (Å²) in [4.78, 5) is 48.5. The van der Waals surface area contributed by atoms with Crippen LogP contribution in [0.15, 0.2) is 65.3 Å². The molecule has 1 atom stereocenters. The molecule has 2 aromatic carbocycles. The number of ether oxygens (including phenoxy) is 2. The van der Waals surface area contributed by atoms with Gasteiger partial charge in [-0.25, -0.2) is 14.8 Å². The minimum atomic E-state index is -0.576. The number of methoxy groups -OCH3 is 1. The molecule has 2 N–H and O–H groups in total. The SMILES string of the molecule is CCCCCCOC(=O)Nc1noc2ccc(NC(C)c3nc4cc(C(=O)N(CCC(=O)OC)c5ccccn5)ccc4n3C)cc12. The van der Waals surface area contributed by atoms with Crippen molar-refractivity contribution in [3.05, 3.63) is 72.2 Å². The van der Waals surface area contributed by atoms with E-state index in [4.69, 9.17) is 19.0 Å². The molecule has 0 saturated carbocycles. The Bertz CT molecular complexity index is 1850. The van der Waals surface area contributed by atoms with E-state index in [1.807, 2.05) is 36.7 Å². The number of rotatable bonds is 14. The van der Waals surface area contributed by atoms with Gasteiger partial charge >= 0.3 is 12.1 Å². The monoisotopic (exact) mass is 641 g/mol. The zero-order valence-corrected chi connectivity index (χ0v) is 27.0. The van der Waals surface area contributed by atoms with E-state index in [0.29, 0.717) is 34.5 Å². The number of aryl methyl sites for hydroxylation is 1. The maximum Gasteiger partial charge on any atom is 0.412 e. The van der Waals surface area contributed by atoms with Crippen LogP contribution >= 0.6 is 0 Å². The van der Waals surface area contributed by atoms with Crippen molar-refractivity contribution in [2.24, 2.45) is 7.05 Å². The van der Waals surface area contributed by atoms with Gasteiger partial charge in [0.25, 0.3) is 5.91 Å². The average Bonchev–Trinajstić information content (AvgIpc) is 3.64. The van der Waals surface area contributed by atoms with Crippen LogP contribution in [0, 0.1) is 0 Å². The van der Waals surface area contributed by atoms with E-state index in [9.17, 15) is 14.4 Å². The highest BCUT2D eigenvalue weighted by molar-refractivity contribution is 6.07. The Labute approximate surface area is 272 Å². The van der Waals surface area contributed by atoms with E-state index in [0.717, 1.165) is 42.7 Å². The number of hydrogen-bond acceptors (Lipinski definition) is 10. The summed E-state index contributed by atoms with van der Waals surface area (Å²) in [5.41, 5.74) is 3.19. The molecule has 3 aromatic heterocycles.